The molecule has 1 aliphatic rings. The zero-order chi connectivity index (χ0) is 33.5. The van der Waals surface area contributed by atoms with Crippen LogP contribution < -0.4 is 9.80 Å². The molecule has 0 unspecified atom stereocenters. The minimum atomic E-state index is -4.03. The molecule has 7 rings (SSSR count). The quantitative estimate of drug-likeness (QED) is 0.166. The molecule has 3 heterocycles. The van der Waals surface area contributed by atoms with Crippen LogP contribution in [0.15, 0.2) is 94.9 Å². The van der Waals surface area contributed by atoms with Crippen LogP contribution in [0.5, 0.6) is 0 Å². The summed E-state index contributed by atoms with van der Waals surface area (Å²) >= 11 is 0. The minimum Gasteiger partial charge on any atom is -0.504 e. The van der Waals surface area contributed by atoms with Crippen LogP contribution in [0.25, 0.3) is 27.6 Å². The number of sulfone groups is 1. The Hall–Kier alpha value is -3.93. The molecule has 6 aromatic rings. The van der Waals surface area contributed by atoms with E-state index in [4.69, 9.17) is 4.98 Å². The van der Waals surface area contributed by atoms with Gasteiger partial charge in [0.25, 0.3) is 0 Å². The summed E-state index contributed by atoms with van der Waals surface area (Å²) in [6.07, 6.45) is 1.82. The van der Waals surface area contributed by atoms with Crippen LogP contribution in [0.2, 0.25) is 0 Å². The number of pyridine rings is 1. The van der Waals surface area contributed by atoms with Crippen LogP contribution in [-0.2, 0) is 41.7 Å². The number of nitrogens with zero attached hydrogens (tertiary/aromatic N) is 4. The Balaban J connectivity index is 0.00000401. The maximum absolute atomic E-state index is 14.6. The normalized spacial score (nSPS) is 13.7. The third kappa shape index (κ3) is 5.75. The van der Waals surface area contributed by atoms with Gasteiger partial charge < -0.3 is 14.4 Å². The first-order chi connectivity index (χ1) is 22.1. The topological polar surface area (TPSA) is 58.4 Å². The van der Waals surface area contributed by atoms with Crippen molar-refractivity contribution in [1.29, 1.82) is 0 Å². The molecule has 0 radical (unpaired) electrons. The first-order valence-corrected chi connectivity index (χ1v) is 17.3. The van der Waals surface area contributed by atoms with E-state index < -0.39 is 9.84 Å². The second-order valence-electron chi connectivity index (χ2n) is 14.6. The third-order valence-corrected chi connectivity index (χ3v) is 10.6. The van der Waals surface area contributed by atoms with Crippen LogP contribution in [0.4, 0.5) is 17.1 Å². The van der Waals surface area contributed by atoms with Crippen molar-refractivity contribution in [2.45, 2.75) is 69.1 Å². The molecule has 8 heteroatoms. The van der Waals surface area contributed by atoms with Crippen molar-refractivity contribution in [1.82, 2.24) is 9.55 Å². The number of para-hydroxylation sites is 1. The van der Waals surface area contributed by atoms with Crippen molar-refractivity contribution in [3.8, 4) is 5.82 Å². The Morgan fingerprint density at radius 2 is 1.48 bits per heavy atom. The van der Waals surface area contributed by atoms with Crippen LogP contribution >= 0.6 is 0 Å². The standard InChI is InChI=1S/C40H39N4O2S.Pt/c1-26-13-16-35-37(19-26)42(8)25-43(35)29-20-28(40(5,6)7)21-31(23-29)47(45,46)30-14-15-33-32-11-9-10-12-34(32)44(36(33)24-30)38-22-27(17-18-41-38)39(2,3)4;/h9-22,25H,1-8H3;/q-3;. The molecule has 0 atom stereocenters. The van der Waals surface area contributed by atoms with E-state index in [1.807, 2.05) is 65.8 Å². The zero-order valence-electron chi connectivity index (χ0n) is 28.5. The second kappa shape index (κ2) is 11.9. The van der Waals surface area contributed by atoms with Gasteiger partial charge >= 0.3 is 0 Å². The van der Waals surface area contributed by atoms with Gasteiger partial charge in [0.2, 0.25) is 0 Å². The third-order valence-electron chi connectivity index (χ3n) is 8.99. The number of benzene rings is 4. The summed E-state index contributed by atoms with van der Waals surface area (Å²) < 4.78 is 31.2. The van der Waals surface area contributed by atoms with Crippen LogP contribution in [-0.4, -0.2) is 25.0 Å². The summed E-state index contributed by atoms with van der Waals surface area (Å²) in [5, 5.41) is 1.93. The Morgan fingerprint density at radius 1 is 0.750 bits per heavy atom. The first kappa shape index (κ1) is 34.0. The summed E-state index contributed by atoms with van der Waals surface area (Å²) in [5.41, 5.74) is 7.12. The van der Waals surface area contributed by atoms with Gasteiger partial charge in [0.15, 0.2) is 9.84 Å². The van der Waals surface area contributed by atoms with Gasteiger partial charge in [-0.05, 0) is 81.4 Å². The zero-order valence-corrected chi connectivity index (χ0v) is 31.6. The van der Waals surface area contributed by atoms with Gasteiger partial charge in [0, 0.05) is 44.2 Å². The van der Waals surface area contributed by atoms with Crippen molar-refractivity contribution < 1.29 is 29.5 Å². The van der Waals surface area contributed by atoms with E-state index in [9.17, 15) is 8.42 Å². The maximum Gasteiger partial charge on any atom is 0.160 e. The fourth-order valence-electron chi connectivity index (χ4n) is 6.24. The summed E-state index contributed by atoms with van der Waals surface area (Å²) in [7, 11) is -2.03. The van der Waals surface area contributed by atoms with E-state index >= 15 is 0 Å². The van der Waals surface area contributed by atoms with Crippen molar-refractivity contribution >= 4 is 48.7 Å². The van der Waals surface area contributed by atoms with Gasteiger partial charge in [-0.15, -0.1) is 40.9 Å². The number of hydrogen-bond acceptors (Lipinski definition) is 5. The fourth-order valence-corrected chi connectivity index (χ4v) is 7.48. The molecule has 0 saturated carbocycles. The average Bonchev–Trinajstić information content (AvgIpc) is 3.54. The number of anilines is 3. The number of fused-ring (bicyclic) bond motifs is 4. The molecule has 6 nitrogen and oxygen atoms in total. The molecule has 4 aromatic carbocycles. The van der Waals surface area contributed by atoms with E-state index in [0.717, 1.165) is 50.2 Å². The van der Waals surface area contributed by atoms with E-state index in [1.165, 1.54) is 0 Å². The van der Waals surface area contributed by atoms with Gasteiger partial charge in [-0.3, -0.25) is 0 Å². The largest absolute Gasteiger partial charge is 0.504 e. The van der Waals surface area contributed by atoms with Gasteiger partial charge in [-0.1, -0.05) is 71.3 Å². The molecule has 0 aliphatic carbocycles. The monoisotopic (exact) mass is 834 g/mol. The molecule has 48 heavy (non-hydrogen) atoms. The molecule has 0 N–H and O–H groups in total. The molecule has 0 bridgehead atoms. The predicted octanol–water partition coefficient (Wildman–Crippen LogP) is 9.22. The van der Waals surface area contributed by atoms with E-state index in [0.29, 0.717) is 11.2 Å². The molecule has 0 amide bonds. The summed E-state index contributed by atoms with van der Waals surface area (Å²) in [5.74, 6) is 0.723. The SMILES string of the molecule is Cc1ccc2c(c1)N(C)[CH-]N2c1[c-]c(S(=O)(=O)c2[c-]c3c(cc2)c2ccccc2n3-c2cc(C(C)(C)C)ccn2)cc(C(C)(C)C)c1.[Pt]. The number of rotatable bonds is 4. The fraction of sp³-hybridized carbons (Fsp3) is 0.250. The van der Waals surface area contributed by atoms with E-state index in [1.54, 1.807) is 12.1 Å². The molecule has 2 aromatic heterocycles. The molecule has 0 spiro atoms. The van der Waals surface area contributed by atoms with Crippen molar-refractivity contribution in [3.05, 3.63) is 121 Å². The number of hydrogen-bond donors (Lipinski definition) is 0. The Kier molecular flexibility index (Phi) is 8.41. The Morgan fingerprint density at radius 3 is 2.21 bits per heavy atom. The van der Waals surface area contributed by atoms with Crippen molar-refractivity contribution in [2.75, 3.05) is 16.8 Å². The van der Waals surface area contributed by atoms with E-state index in [-0.39, 0.29) is 41.7 Å². The summed E-state index contributed by atoms with van der Waals surface area (Å²) in [4.78, 5) is 9.02. The number of aromatic nitrogens is 2. The molecule has 1 aliphatic heterocycles. The van der Waals surface area contributed by atoms with Crippen LogP contribution in [0.3, 0.4) is 0 Å². The molecule has 0 fully saturated rings. The van der Waals surface area contributed by atoms with Crippen molar-refractivity contribution in [2.24, 2.45) is 0 Å². The van der Waals surface area contributed by atoms with E-state index in [2.05, 4.69) is 95.8 Å². The van der Waals surface area contributed by atoms with Crippen LogP contribution in [0.1, 0.15) is 58.2 Å². The first-order valence-electron chi connectivity index (χ1n) is 15.9. The van der Waals surface area contributed by atoms with Gasteiger partial charge in [-0.25, -0.2) is 13.4 Å². The average molecular weight is 835 g/mol. The molecular weight excluding hydrogens is 796 g/mol. The Labute approximate surface area is 298 Å². The second-order valence-corrected chi connectivity index (χ2v) is 16.4. The van der Waals surface area contributed by atoms with Gasteiger partial charge in [-0.2, -0.15) is 18.8 Å². The van der Waals surface area contributed by atoms with Crippen molar-refractivity contribution in [3.63, 3.8) is 0 Å². The predicted molar refractivity (Wildman–Crippen MR) is 192 cm³/mol. The molecular formula is C40H39N4O2PtS-3. The molecule has 0 saturated heterocycles. The maximum atomic E-state index is 14.6. The summed E-state index contributed by atoms with van der Waals surface area (Å²) in [6.45, 7) is 16.8. The smallest absolute Gasteiger partial charge is 0.160 e. The molecule has 250 valence electrons. The summed E-state index contributed by atoms with van der Waals surface area (Å²) in [6, 6.07) is 32.5. The van der Waals surface area contributed by atoms with Gasteiger partial charge in [0.05, 0.1) is 0 Å². The number of aryl methyl sites for hydroxylation is 1. The van der Waals surface area contributed by atoms with Gasteiger partial charge in [0.1, 0.15) is 5.82 Å². The Bertz CT molecular complexity index is 2310. The van der Waals surface area contributed by atoms with Crippen LogP contribution in [0, 0.1) is 25.7 Å². The minimum absolute atomic E-state index is 0.